The van der Waals surface area contributed by atoms with Crippen molar-refractivity contribution in [2.45, 2.75) is 46.6 Å². The quantitative estimate of drug-likeness (QED) is 0.735. The Morgan fingerprint density at radius 1 is 1.38 bits per heavy atom. The molecular formula is C18H26N4O3S. The first kappa shape index (κ1) is 20.0. The van der Waals surface area contributed by atoms with Crippen LogP contribution in [-0.2, 0) is 17.8 Å². The lowest BCUT2D eigenvalue weighted by atomic mass is 10.2. The van der Waals surface area contributed by atoms with Gasteiger partial charge in [-0.05, 0) is 23.8 Å². The number of carbonyl (C=O) groups excluding carboxylic acids is 1. The van der Waals surface area contributed by atoms with E-state index in [-0.39, 0.29) is 29.8 Å². The van der Waals surface area contributed by atoms with Crippen LogP contribution in [0.3, 0.4) is 0 Å². The summed E-state index contributed by atoms with van der Waals surface area (Å²) in [5.41, 5.74) is 5.07. The minimum atomic E-state index is -0.622. The van der Waals surface area contributed by atoms with Crippen LogP contribution in [0.1, 0.15) is 38.5 Å². The van der Waals surface area contributed by atoms with E-state index >= 15 is 0 Å². The lowest BCUT2D eigenvalue weighted by molar-refractivity contribution is -0.118. The standard InChI is InChI=1S/C18H26N4O3S/c1-4-5-8-21(14(23)10-13-7-6-9-26-13)15-16(19)22(11-12(2)3)18(25)20-17(15)24/h6-7,9,12H,4-5,8,10-11,19H2,1-3H3,(H,20,24,25). The number of H-pyrrole nitrogens is 1. The molecule has 8 heteroatoms. The van der Waals surface area contributed by atoms with Gasteiger partial charge in [-0.25, -0.2) is 4.79 Å². The highest BCUT2D eigenvalue weighted by atomic mass is 32.1. The molecule has 3 N–H and O–H groups in total. The van der Waals surface area contributed by atoms with Gasteiger partial charge >= 0.3 is 5.69 Å². The fourth-order valence-electron chi connectivity index (χ4n) is 2.72. The van der Waals surface area contributed by atoms with Gasteiger partial charge < -0.3 is 10.6 Å². The Kier molecular flexibility index (Phi) is 6.79. The number of carbonyl (C=O) groups is 1. The average molecular weight is 378 g/mol. The smallest absolute Gasteiger partial charge is 0.330 e. The van der Waals surface area contributed by atoms with E-state index in [1.807, 2.05) is 38.3 Å². The maximum Gasteiger partial charge on any atom is 0.330 e. The lowest BCUT2D eigenvalue weighted by Crippen LogP contribution is -2.42. The number of hydrogen-bond donors (Lipinski definition) is 2. The Balaban J connectivity index is 2.48. The molecule has 0 radical (unpaired) electrons. The third-order valence-corrected chi connectivity index (χ3v) is 4.85. The second-order valence-corrected chi connectivity index (χ2v) is 7.68. The number of rotatable bonds is 8. The van der Waals surface area contributed by atoms with Crippen molar-refractivity contribution in [1.29, 1.82) is 0 Å². The molecule has 0 saturated carbocycles. The Morgan fingerprint density at radius 3 is 2.69 bits per heavy atom. The summed E-state index contributed by atoms with van der Waals surface area (Å²) >= 11 is 1.49. The van der Waals surface area contributed by atoms with E-state index in [1.54, 1.807) is 0 Å². The number of aromatic amines is 1. The molecule has 2 heterocycles. The Hall–Kier alpha value is -2.35. The van der Waals surface area contributed by atoms with Crippen LogP contribution in [-0.4, -0.2) is 22.0 Å². The van der Waals surface area contributed by atoms with Gasteiger partial charge in [-0.15, -0.1) is 11.3 Å². The molecule has 2 aromatic heterocycles. The normalized spacial score (nSPS) is 11.1. The topological polar surface area (TPSA) is 101 Å². The van der Waals surface area contributed by atoms with E-state index in [4.69, 9.17) is 5.73 Å². The Labute approximate surface area is 156 Å². The first-order chi connectivity index (χ1) is 12.3. The van der Waals surface area contributed by atoms with Crippen molar-refractivity contribution < 1.29 is 4.79 Å². The molecule has 2 rings (SSSR count). The largest absolute Gasteiger partial charge is 0.383 e. The fourth-order valence-corrected chi connectivity index (χ4v) is 3.42. The zero-order chi connectivity index (χ0) is 19.3. The van der Waals surface area contributed by atoms with Crippen LogP contribution < -0.4 is 21.9 Å². The van der Waals surface area contributed by atoms with Gasteiger partial charge in [0.25, 0.3) is 5.56 Å². The third-order valence-electron chi connectivity index (χ3n) is 3.97. The highest BCUT2D eigenvalue weighted by Crippen LogP contribution is 2.20. The van der Waals surface area contributed by atoms with Crippen LogP contribution in [0.15, 0.2) is 27.1 Å². The number of nitrogens with zero attached hydrogens (tertiary/aromatic N) is 2. The number of nitrogen functional groups attached to an aromatic ring is 1. The zero-order valence-electron chi connectivity index (χ0n) is 15.4. The van der Waals surface area contributed by atoms with Crippen molar-refractivity contribution in [1.82, 2.24) is 9.55 Å². The van der Waals surface area contributed by atoms with Crippen LogP contribution in [0.25, 0.3) is 0 Å². The van der Waals surface area contributed by atoms with Crippen LogP contribution in [0.5, 0.6) is 0 Å². The summed E-state index contributed by atoms with van der Waals surface area (Å²) in [5, 5.41) is 1.91. The fraction of sp³-hybridized carbons (Fsp3) is 0.500. The SMILES string of the molecule is CCCCN(C(=O)Cc1cccs1)c1c(N)n(CC(C)C)c(=O)[nH]c1=O. The van der Waals surface area contributed by atoms with Crippen molar-refractivity contribution in [2.75, 3.05) is 17.2 Å². The average Bonchev–Trinajstić information content (AvgIpc) is 3.07. The number of aromatic nitrogens is 2. The van der Waals surface area contributed by atoms with Crippen LogP contribution >= 0.6 is 11.3 Å². The number of hydrogen-bond acceptors (Lipinski definition) is 5. The molecule has 0 aliphatic rings. The minimum Gasteiger partial charge on any atom is -0.383 e. The van der Waals surface area contributed by atoms with E-state index in [2.05, 4.69) is 4.98 Å². The number of nitrogens with two attached hydrogens (primary N) is 1. The van der Waals surface area contributed by atoms with E-state index in [9.17, 15) is 14.4 Å². The second-order valence-electron chi connectivity index (χ2n) is 6.65. The summed E-state index contributed by atoms with van der Waals surface area (Å²) in [6.45, 7) is 6.67. The highest BCUT2D eigenvalue weighted by Gasteiger charge is 2.24. The maximum absolute atomic E-state index is 12.9. The van der Waals surface area contributed by atoms with Crippen LogP contribution in [0.4, 0.5) is 11.5 Å². The van der Waals surface area contributed by atoms with Crippen molar-refractivity contribution in [3.63, 3.8) is 0 Å². The molecule has 0 aliphatic heterocycles. The molecule has 0 aliphatic carbocycles. The van der Waals surface area contributed by atoms with Crippen molar-refractivity contribution in [3.05, 3.63) is 43.2 Å². The molecule has 7 nitrogen and oxygen atoms in total. The minimum absolute atomic E-state index is 0.0445. The molecule has 142 valence electrons. The molecule has 1 amide bonds. The predicted octanol–water partition coefficient (Wildman–Crippen LogP) is 2.21. The monoisotopic (exact) mass is 378 g/mol. The zero-order valence-corrected chi connectivity index (χ0v) is 16.3. The summed E-state index contributed by atoms with van der Waals surface area (Å²) in [6.07, 6.45) is 1.80. The summed E-state index contributed by atoms with van der Waals surface area (Å²) in [4.78, 5) is 42.1. The third kappa shape index (κ3) is 4.63. The van der Waals surface area contributed by atoms with Gasteiger partial charge in [0.05, 0.1) is 6.42 Å². The van der Waals surface area contributed by atoms with Gasteiger partial charge in [-0.3, -0.25) is 19.1 Å². The first-order valence-electron chi connectivity index (χ1n) is 8.80. The molecule has 0 fully saturated rings. The number of unbranched alkanes of at least 4 members (excludes halogenated alkanes) is 1. The van der Waals surface area contributed by atoms with Crippen molar-refractivity contribution in [3.8, 4) is 0 Å². The predicted molar refractivity (Wildman–Crippen MR) is 106 cm³/mol. The molecular weight excluding hydrogens is 352 g/mol. The maximum atomic E-state index is 12.9. The van der Waals surface area contributed by atoms with Gasteiger partial charge in [0.1, 0.15) is 5.82 Å². The molecule has 0 saturated heterocycles. The van der Waals surface area contributed by atoms with Crippen LogP contribution in [0.2, 0.25) is 0 Å². The molecule has 2 aromatic rings. The van der Waals surface area contributed by atoms with Gasteiger partial charge in [-0.2, -0.15) is 0 Å². The summed E-state index contributed by atoms with van der Waals surface area (Å²) in [7, 11) is 0. The summed E-state index contributed by atoms with van der Waals surface area (Å²) < 4.78 is 1.33. The molecule has 0 unspecified atom stereocenters. The number of amides is 1. The molecule has 26 heavy (non-hydrogen) atoms. The number of anilines is 2. The van der Waals surface area contributed by atoms with Crippen molar-refractivity contribution >= 4 is 28.7 Å². The molecule has 0 bridgehead atoms. The van der Waals surface area contributed by atoms with Crippen molar-refractivity contribution in [2.24, 2.45) is 5.92 Å². The molecule has 0 aromatic carbocycles. The lowest BCUT2D eigenvalue weighted by Gasteiger charge is -2.24. The Morgan fingerprint density at radius 2 is 2.12 bits per heavy atom. The summed E-state index contributed by atoms with van der Waals surface area (Å²) in [6, 6.07) is 3.77. The van der Waals surface area contributed by atoms with Crippen LogP contribution in [0, 0.1) is 5.92 Å². The molecule has 0 spiro atoms. The first-order valence-corrected chi connectivity index (χ1v) is 9.68. The van der Waals surface area contributed by atoms with E-state index in [0.29, 0.717) is 13.1 Å². The van der Waals surface area contributed by atoms with Gasteiger partial charge in [0.2, 0.25) is 5.91 Å². The second kappa shape index (κ2) is 8.84. The molecule has 0 atom stereocenters. The Bertz CT molecular complexity index is 852. The summed E-state index contributed by atoms with van der Waals surface area (Å²) in [5.74, 6) is 0.00981. The van der Waals surface area contributed by atoms with Gasteiger partial charge in [0, 0.05) is 18.0 Å². The van der Waals surface area contributed by atoms with E-state index < -0.39 is 11.2 Å². The van der Waals surface area contributed by atoms with Gasteiger partial charge in [-0.1, -0.05) is 33.3 Å². The van der Waals surface area contributed by atoms with E-state index in [0.717, 1.165) is 17.7 Å². The number of thiophene rings is 1. The number of nitrogens with one attached hydrogen (secondary N) is 1. The van der Waals surface area contributed by atoms with Gasteiger partial charge in [0.15, 0.2) is 5.69 Å². The highest BCUT2D eigenvalue weighted by molar-refractivity contribution is 7.10. The van der Waals surface area contributed by atoms with E-state index in [1.165, 1.54) is 20.8 Å².